The molecule has 0 aromatic carbocycles. The van der Waals surface area contributed by atoms with Crippen LogP contribution in [0.4, 0.5) is 5.82 Å². The first kappa shape index (κ1) is 13.5. The van der Waals surface area contributed by atoms with Gasteiger partial charge in [-0.15, -0.1) is 0 Å². The molecule has 4 N–H and O–H groups in total. The van der Waals surface area contributed by atoms with Gasteiger partial charge in [0.05, 0.1) is 12.9 Å². The molecule has 1 amide bonds. The summed E-state index contributed by atoms with van der Waals surface area (Å²) in [6, 6.07) is 0. The van der Waals surface area contributed by atoms with E-state index in [9.17, 15) is 13.2 Å². The van der Waals surface area contributed by atoms with Crippen molar-refractivity contribution in [1.29, 1.82) is 0 Å². The Hall–Kier alpha value is -1.61. The molecule has 0 atom stereocenters. The topological polar surface area (TPSA) is 119 Å². The Labute approximate surface area is 99.3 Å². The molecule has 1 aromatic heterocycles. The van der Waals surface area contributed by atoms with E-state index in [1.807, 2.05) is 0 Å². The van der Waals surface area contributed by atoms with Crippen LogP contribution in [0.3, 0.4) is 0 Å². The van der Waals surface area contributed by atoms with Crippen LogP contribution in [0, 0.1) is 0 Å². The molecule has 0 saturated heterocycles. The molecule has 8 nitrogen and oxygen atoms in total. The highest BCUT2D eigenvalue weighted by molar-refractivity contribution is 7.89. The molecule has 1 heterocycles. The SMILES string of the molecule is CCNC(=O)CNS(=O)(=O)c1c(N)ncn1C. The highest BCUT2D eigenvalue weighted by Gasteiger charge is 2.22. The molecule has 1 rings (SSSR count). The van der Waals surface area contributed by atoms with Gasteiger partial charge in [0.2, 0.25) is 5.91 Å². The lowest BCUT2D eigenvalue weighted by Crippen LogP contribution is -2.37. The van der Waals surface area contributed by atoms with Crippen molar-refractivity contribution in [2.45, 2.75) is 11.9 Å². The minimum atomic E-state index is -3.83. The van der Waals surface area contributed by atoms with Crippen molar-refractivity contribution >= 4 is 21.7 Å². The Balaban J connectivity index is 2.80. The van der Waals surface area contributed by atoms with Gasteiger partial charge in [-0.2, -0.15) is 0 Å². The number of rotatable bonds is 5. The number of carbonyl (C=O) groups excluding carboxylic acids is 1. The number of anilines is 1. The molecule has 0 radical (unpaired) electrons. The van der Waals surface area contributed by atoms with E-state index in [0.29, 0.717) is 6.54 Å². The van der Waals surface area contributed by atoms with E-state index >= 15 is 0 Å². The van der Waals surface area contributed by atoms with E-state index < -0.39 is 15.9 Å². The van der Waals surface area contributed by atoms with Gasteiger partial charge in [-0.1, -0.05) is 0 Å². The first-order valence-corrected chi connectivity index (χ1v) is 6.40. The number of hydrogen-bond donors (Lipinski definition) is 3. The van der Waals surface area contributed by atoms with Gasteiger partial charge in [0.15, 0.2) is 10.8 Å². The lowest BCUT2D eigenvalue weighted by Gasteiger charge is -2.07. The monoisotopic (exact) mass is 261 g/mol. The highest BCUT2D eigenvalue weighted by Crippen LogP contribution is 2.14. The number of imidazole rings is 1. The summed E-state index contributed by atoms with van der Waals surface area (Å²) in [5.41, 5.74) is 5.44. The number of aryl methyl sites for hydroxylation is 1. The normalized spacial score (nSPS) is 11.4. The molecule has 0 aliphatic rings. The molecule has 9 heteroatoms. The summed E-state index contributed by atoms with van der Waals surface area (Å²) in [5.74, 6) is -0.507. The summed E-state index contributed by atoms with van der Waals surface area (Å²) in [6.45, 7) is 1.85. The van der Waals surface area contributed by atoms with Crippen LogP contribution in [0.5, 0.6) is 0 Å². The third kappa shape index (κ3) is 3.17. The zero-order chi connectivity index (χ0) is 13.1. The first-order chi connectivity index (χ1) is 7.88. The zero-order valence-corrected chi connectivity index (χ0v) is 10.4. The number of nitrogen functional groups attached to an aromatic ring is 1. The van der Waals surface area contributed by atoms with Crippen molar-refractivity contribution in [3.05, 3.63) is 6.33 Å². The summed E-state index contributed by atoms with van der Waals surface area (Å²) >= 11 is 0. The van der Waals surface area contributed by atoms with Gasteiger partial charge in [-0.05, 0) is 6.92 Å². The maximum atomic E-state index is 11.8. The molecule has 0 unspecified atom stereocenters. The van der Waals surface area contributed by atoms with Gasteiger partial charge in [0, 0.05) is 13.6 Å². The fourth-order valence-electron chi connectivity index (χ4n) is 1.25. The minimum Gasteiger partial charge on any atom is -0.381 e. The van der Waals surface area contributed by atoms with Crippen LogP contribution < -0.4 is 15.8 Å². The van der Waals surface area contributed by atoms with E-state index in [-0.39, 0.29) is 17.4 Å². The average molecular weight is 261 g/mol. The second-order valence-electron chi connectivity index (χ2n) is 3.32. The molecule has 0 bridgehead atoms. The first-order valence-electron chi connectivity index (χ1n) is 4.91. The van der Waals surface area contributed by atoms with E-state index in [0.717, 1.165) is 0 Å². The number of sulfonamides is 1. The smallest absolute Gasteiger partial charge is 0.260 e. The Bertz CT molecular complexity index is 488. The summed E-state index contributed by atoms with van der Waals surface area (Å²) < 4.78 is 27.0. The van der Waals surface area contributed by atoms with Crippen LogP contribution in [0.25, 0.3) is 0 Å². The van der Waals surface area contributed by atoms with Gasteiger partial charge in [-0.3, -0.25) is 4.79 Å². The Morgan fingerprint density at radius 2 is 2.24 bits per heavy atom. The maximum Gasteiger partial charge on any atom is 0.260 e. The fraction of sp³-hybridized carbons (Fsp3) is 0.500. The van der Waals surface area contributed by atoms with Gasteiger partial charge in [-0.25, -0.2) is 18.1 Å². The number of aromatic nitrogens is 2. The predicted octanol–water partition coefficient (Wildman–Crippen LogP) is -1.58. The quantitative estimate of drug-likeness (QED) is 0.591. The van der Waals surface area contributed by atoms with Crippen LogP contribution in [0.15, 0.2) is 11.4 Å². The van der Waals surface area contributed by atoms with E-state index in [4.69, 9.17) is 5.73 Å². The van der Waals surface area contributed by atoms with Crippen molar-refractivity contribution in [2.24, 2.45) is 7.05 Å². The standard InChI is InChI=1S/C8H15N5O3S/c1-3-10-6(14)4-12-17(15,16)8-7(9)11-5-13(8)2/h5,12H,3-4,9H2,1-2H3,(H,10,14). The van der Waals surface area contributed by atoms with Crippen LogP contribution >= 0.6 is 0 Å². The van der Waals surface area contributed by atoms with Gasteiger partial charge < -0.3 is 15.6 Å². The lowest BCUT2D eigenvalue weighted by atomic mass is 10.6. The zero-order valence-electron chi connectivity index (χ0n) is 9.60. The summed E-state index contributed by atoms with van der Waals surface area (Å²) in [6.07, 6.45) is 1.29. The number of hydrogen-bond acceptors (Lipinski definition) is 5. The molecule has 17 heavy (non-hydrogen) atoms. The number of carbonyl (C=O) groups is 1. The molecule has 96 valence electrons. The Morgan fingerprint density at radius 3 is 2.71 bits per heavy atom. The molecule has 1 aromatic rings. The van der Waals surface area contributed by atoms with Crippen molar-refractivity contribution in [3.63, 3.8) is 0 Å². The Kier molecular flexibility index (Phi) is 4.07. The third-order valence-corrected chi connectivity index (χ3v) is 3.49. The van der Waals surface area contributed by atoms with Crippen molar-refractivity contribution < 1.29 is 13.2 Å². The number of nitrogens with one attached hydrogen (secondary N) is 2. The Morgan fingerprint density at radius 1 is 1.59 bits per heavy atom. The summed E-state index contributed by atoms with van der Waals surface area (Å²) in [4.78, 5) is 14.8. The molecule has 0 saturated carbocycles. The summed E-state index contributed by atoms with van der Waals surface area (Å²) in [5, 5.41) is 2.32. The highest BCUT2D eigenvalue weighted by atomic mass is 32.2. The molecule has 0 aliphatic heterocycles. The molecular weight excluding hydrogens is 246 g/mol. The van der Waals surface area contributed by atoms with Gasteiger partial charge in [0.1, 0.15) is 0 Å². The van der Waals surface area contributed by atoms with Crippen molar-refractivity contribution in [3.8, 4) is 0 Å². The third-order valence-electron chi connectivity index (χ3n) is 1.96. The van der Waals surface area contributed by atoms with Crippen LogP contribution in [-0.4, -0.2) is 37.0 Å². The average Bonchev–Trinajstić information content (AvgIpc) is 2.57. The van der Waals surface area contributed by atoms with Crippen LogP contribution in [0.1, 0.15) is 6.92 Å². The van der Waals surface area contributed by atoms with Crippen LogP contribution in [-0.2, 0) is 21.9 Å². The van der Waals surface area contributed by atoms with Crippen molar-refractivity contribution in [1.82, 2.24) is 19.6 Å². The second-order valence-corrected chi connectivity index (χ2v) is 5.01. The minimum absolute atomic E-state index is 0.101. The van der Waals surface area contributed by atoms with Gasteiger partial charge >= 0.3 is 0 Å². The molecule has 0 aliphatic carbocycles. The van der Waals surface area contributed by atoms with E-state index in [1.54, 1.807) is 6.92 Å². The van der Waals surface area contributed by atoms with E-state index in [1.165, 1.54) is 17.9 Å². The predicted molar refractivity (Wildman–Crippen MR) is 61.5 cm³/mol. The number of nitrogens with two attached hydrogens (primary N) is 1. The van der Waals surface area contributed by atoms with Gasteiger partial charge in [0.25, 0.3) is 10.0 Å². The van der Waals surface area contributed by atoms with E-state index in [2.05, 4.69) is 15.0 Å². The summed E-state index contributed by atoms with van der Waals surface area (Å²) in [7, 11) is -2.32. The lowest BCUT2D eigenvalue weighted by molar-refractivity contribution is -0.119. The number of likely N-dealkylation sites (N-methyl/N-ethyl adjacent to an activating group) is 1. The molecule has 0 fully saturated rings. The number of amides is 1. The maximum absolute atomic E-state index is 11.8. The number of nitrogens with zero attached hydrogens (tertiary/aromatic N) is 2. The van der Waals surface area contributed by atoms with Crippen molar-refractivity contribution in [2.75, 3.05) is 18.8 Å². The fourth-order valence-corrected chi connectivity index (χ4v) is 2.47. The second kappa shape index (κ2) is 5.15. The molecular formula is C8H15N5O3S. The molecule has 0 spiro atoms. The largest absolute Gasteiger partial charge is 0.381 e. The van der Waals surface area contributed by atoms with Crippen LogP contribution in [0.2, 0.25) is 0 Å².